The SMILES string of the molecule is CC(C)(C)OC(=O)NC(C)(c1ccc(C#N)c(F)c1)c1cncn1CC(=O)[O-]. The van der Waals surface area contributed by atoms with Crippen molar-refractivity contribution in [1.29, 1.82) is 5.26 Å². The quantitative estimate of drug-likeness (QED) is 0.829. The Morgan fingerprint density at radius 2 is 2.04 bits per heavy atom. The van der Waals surface area contributed by atoms with Gasteiger partial charge < -0.3 is 24.5 Å². The molecule has 9 heteroatoms. The summed E-state index contributed by atoms with van der Waals surface area (Å²) in [6.45, 7) is 6.10. The highest BCUT2D eigenvalue weighted by atomic mass is 19.1. The highest BCUT2D eigenvalue weighted by molar-refractivity contribution is 5.70. The van der Waals surface area contributed by atoms with Crippen molar-refractivity contribution < 1.29 is 23.8 Å². The minimum Gasteiger partial charge on any atom is -0.548 e. The number of carbonyl (C=O) groups excluding carboxylic acids is 2. The van der Waals surface area contributed by atoms with Crippen LogP contribution in [0.1, 0.15) is 44.5 Å². The van der Waals surface area contributed by atoms with Gasteiger partial charge in [0.25, 0.3) is 0 Å². The molecule has 0 radical (unpaired) electrons. The van der Waals surface area contributed by atoms with Crippen LogP contribution in [0.5, 0.6) is 0 Å². The zero-order chi connectivity index (χ0) is 21.1. The Balaban J connectivity index is 2.57. The number of rotatable bonds is 5. The Morgan fingerprint density at radius 3 is 2.57 bits per heavy atom. The number of aliphatic carboxylic acids is 1. The molecule has 1 unspecified atom stereocenters. The first-order chi connectivity index (χ1) is 13.0. The average Bonchev–Trinajstić information content (AvgIpc) is 3.00. The Bertz CT molecular complexity index is 942. The Labute approximate surface area is 161 Å². The van der Waals surface area contributed by atoms with Crippen LogP contribution in [-0.4, -0.2) is 27.2 Å². The first kappa shape index (κ1) is 20.9. The smallest absolute Gasteiger partial charge is 0.408 e. The monoisotopic (exact) mass is 387 g/mol. The van der Waals surface area contributed by atoms with Crippen LogP contribution in [0.4, 0.5) is 9.18 Å². The Hall–Kier alpha value is -3.41. The third-order valence-corrected chi connectivity index (χ3v) is 3.94. The molecule has 2 rings (SSSR count). The molecule has 1 heterocycles. The molecule has 0 aliphatic carbocycles. The molecule has 1 aromatic heterocycles. The van der Waals surface area contributed by atoms with E-state index in [1.807, 2.05) is 0 Å². The van der Waals surface area contributed by atoms with Gasteiger partial charge in [-0.05, 0) is 45.4 Å². The van der Waals surface area contributed by atoms with Crippen molar-refractivity contribution in [3.05, 3.63) is 53.4 Å². The van der Waals surface area contributed by atoms with Crippen LogP contribution in [0.3, 0.4) is 0 Å². The number of nitrogens with zero attached hydrogens (tertiary/aromatic N) is 3. The average molecular weight is 387 g/mol. The predicted molar refractivity (Wildman–Crippen MR) is 94.2 cm³/mol. The van der Waals surface area contributed by atoms with Gasteiger partial charge in [-0.2, -0.15) is 5.26 Å². The van der Waals surface area contributed by atoms with E-state index < -0.39 is 35.6 Å². The Morgan fingerprint density at radius 1 is 1.36 bits per heavy atom. The van der Waals surface area contributed by atoms with Crippen molar-refractivity contribution >= 4 is 12.1 Å². The van der Waals surface area contributed by atoms with Crippen molar-refractivity contribution in [3.63, 3.8) is 0 Å². The number of nitrogens with one attached hydrogen (secondary N) is 1. The van der Waals surface area contributed by atoms with E-state index in [0.29, 0.717) is 0 Å². The van der Waals surface area contributed by atoms with Crippen LogP contribution in [0.15, 0.2) is 30.7 Å². The summed E-state index contributed by atoms with van der Waals surface area (Å²) >= 11 is 0. The molecule has 0 aliphatic heterocycles. The number of carbonyl (C=O) groups is 2. The molecule has 1 aromatic carbocycles. The van der Waals surface area contributed by atoms with Crippen LogP contribution in [0, 0.1) is 17.1 Å². The highest BCUT2D eigenvalue weighted by Gasteiger charge is 2.36. The molecule has 0 saturated heterocycles. The second-order valence-electron chi connectivity index (χ2n) is 7.34. The summed E-state index contributed by atoms with van der Waals surface area (Å²) in [5, 5.41) is 22.7. The number of amides is 1. The number of aromatic nitrogens is 2. The van der Waals surface area contributed by atoms with Gasteiger partial charge >= 0.3 is 6.09 Å². The summed E-state index contributed by atoms with van der Waals surface area (Å²) in [6.07, 6.45) is 1.83. The number of imidazole rings is 1. The van der Waals surface area contributed by atoms with E-state index in [-0.39, 0.29) is 16.8 Å². The molecule has 28 heavy (non-hydrogen) atoms. The Kier molecular flexibility index (Phi) is 5.73. The third-order valence-electron chi connectivity index (χ3n) is 3.94. The number of nitriles is 1. The van der Waals surface area contributed by atoms with E-state index in [1.165, 1.54) is 29.2 Å². The largest absolute Gasteiger partial charge is 0.548 e. The lowest BCUT2D eigenvalue weighted by Crippen LogP contribution is -2.48. The summed E-state index contributed by atoms with van der Waals surface area (Å²) < 4.78 is 20.8. The molecule has 148 valence electrons. The molecule has 2 aromatic rings. The molecule has 8 nitrogen and oxygen atoms in total. The number of hydrogen-bond acceptors (Lipinski definition) is 6. The van der Waals surface area contributed by atoms with Crippen molar-refractivity contribution in [2.24, 2.45) is 0 Å². The highest BCUT2D eigenvalue weighted by Crippen LogP contribution is 2.31. The summed E-state index contributed by atoms with van der Waals surface area (Å²) in [5.74, 6) is -2.13. The lowest BCUT2D eigenvalue weighted by Gasteiger charge is -2.33. The van der Waals surface area contributed by atoms with E-state index in [1.54, 1.807) is 33.8 Å². The van der Waals surface area contributed by atoms with Gasteiger partial charge in [0.2, 0.25) is 0 Å². The predicted octanol–water partition coefficient (Wildman–Crippen LogP) is 1.43. The summed E-state index contributed by atoms with van der Waals surface area (Å²) in [6, 6.07) is 5.58. The number of halogens is 1. The first-order valence-corrected chi connectivity index (χ1v) is 8.38. The van der Waals surface area contributed by atoms with Crippen molar-refractivity contribution in [2.45, 2.75) is 45.4 Å². The van der Waals surface area contributed by atoms with Gasteiger partial charge in [-0.25, -0.2) is 14.2 Å². The molecule has 0 spiro atoms. The number of hydrogen-bond donors (Lipinski definition) is 1. The zero-order valence-electron chi connectivity index (χ0n) is 15.9. The fraction of sp³-hybridized carbons (Fsp3) is 0.368. The molecule has 0 fully saturated rings. The van der Waals surface area contributed by atoms with Crippen LogP contribution in [-0.2, 0) is 21.6 Å². The van der Waals surface area contributed by atoms with Crippen molar-refractivity contribution in [2.75, 3.05) is 0 Å². The van der Waals surface area contributed by atoms with E-state index >= 15 is 0 Å². The van der Waals surface area contributed by atoms with Crippen LogP contribution < -0.4 is 10.4 Å². The van der Waals surface area contributed by atoms with E-state index in [9.17, 15) is 19.1 Å². The normalized spacial score (nSPS) is 13.3. The number of carboxylic acids is 1. The minimum atomic E-state index is -1.40. The molecular weight excluding hydrogens is 367 g/mol. The van der Waals surface area contributed by atoms with Crippen LogP contribution in [0.25, 0.3) is 0 Å². The van der Waals surface area contributed by atoms with E-state index in [2.05, 4.69) is 10.3 Å². The van der Waals surface area contributed by atoms with Crippen LogP contribution in [0.2, 0.25) is 0 Å². The molecule has 1 N–H and O–H groups in total. The molecule has 0 saturated carbocycles. The maximum absolute atomic E-state index is 14.2. The first-order valence-electron chi connectivity index (χ1n) is 8.38. The molecule has 1 atom stereocenters. The maximum Gasteiger partial charge on any atom is 0.408 e. The van der Waals surface area contributed by atoms with E-state index in [0.717, 1.165) is 6.07 Å². The lowest BCUT2D eigenvalue weighted by molar-refractivity contribution is -0.306. The molecular formula is C19H20FN4O4-. The molecule has 0 bridgehead atoms. The standard InChI is InChI=1S/C19H21FN4O4/c1-18(2,3)28-17(27)23-19(4,13-6-5-12(8-21)14(20)7-13)15-9-22-11-24(15)10-16(25)26/h5-7,9,11H,10H2,1-4H3,(H,23,27)(H,25,26)/p-1. The van der Waals surface area contributed by atoms with Gasteiger partial charge in [0.15, 0.2) is 0 Å². The fourth-order valence-corrected chi connectivity index (χ4v) is 2.71. The second kappa shape index (κ2) is 7.68. The van der Waals surface area contributed by atoms with Gasteiger partial charge in [-0.3, -0.25) is 0 Å². The molecule has 1 amide bonds. The topological polar surface area (TPSA) is 120 Å². The number of alkyl carbamates (subject to hydrolysis) is 1. The fourth-order valence-electron chi connectivity index (χ4n) is 2.71. The maximum atomic E-state index is 14.2. The van der Waals surface area contributed by atoms with Gasteiger partial charge in [0.1, 0.15) is 23.0 Å². The number of benzene rings is 1. The van der Waals surface area contributed by atoms with Gasteiger partial charge in [-0.1, -0.05) is 6.07 Å². The van der Waals surface area contributed by atoms with Crippen molar-refractivity contribution in [1.82, 2.24) is 14.9 Å². The second-order valence-corrected chi connectivity index (χ2v) is 7.34. The summed E-state index contributed by atoms with van der Waals surface area (Å²) in [4.78, 5) is 27.4. The van der Waals surface area contributed by atoms with Gasteiger partial charge in [0.05, 0.1) is 36.3 Å². The molecule has 0 aliphatic rings. The van der Waals surface area contributed by atoms with Crippen LogP contribution >= 0.6 is 0 Å². The summed E-state index contributed by atoms with van der Waals surface area (Å²) in [5.41, 5.74) is -1.80. The lowest BCUT2D eigenvalue weighted by atomic mass is 9.88. The summed E-state index contributed by atoms with van der Waals surface area (Å²) in [7, 11) is 0. The minimum absolute atomic E-state index is 0.161. The van der Waals surface area contributed by atoms with E-state index in [4.69, 9.17) is 10.00 Å². The zero-order valence-corrected chi connectivity index (χ0v) is 15.9. The van der Waals surface area contributed by atoms with Crippen molar-refractivity contribution in [3.8, 4) is 6.07 Å². The third kappa shape index (κ3) is 4.65. The number of carboxylic acid groups (broad SMARTS) is 1. The van der Waals surface area contributed by atoms with Gasteiger partial charge in [0, 0.05) is 0 Å². The number of ether oxygens (including phenoxy) is 1. The van der Waals surface area contributed by atoms with Gasteiger partial charge in [-0.15, -0.1) is 0 Å².